The third-order valence-corrected chi connectivity index (χ3v) is 6.16. The van der Waals surface area contributed by atoms with E-state index in [9.17, 15) is 4.79 Å². The molecule has 2 heterocycles. The second kappa shape index (κ2) is 10.2. The number of benzene rings is 1. The van der Waals surface area contributed by atoms with Gasteiger partial charge >= 0.3 is 0 Å². The molecule has 6 heteroatoms. The number of rotatable bonds is 8. The van der Waals surface area contributed by atoms with Gasteiger partial charge in [0.05, 0.1) is 12.7 Å². The molecule has 27 heavy (non-hydrogen) atoms. The number of amides is 1. The quantitative estimate of drug-likeness (QED) is 0.633. The molecule has 2 saturated heterocycles. The number of hydrogen-bond donors (Lipinski definition) is 0. The van der Waals surface area contributed by atoms with Crippen molar-refractivity contribution in [2.24, 2.45) is 0 Å². The smallest absolute Gasteiger partial charge is 0.257 e. The van der Waals surface area contributed by atoms with Gasteiger partial charge < -0.3 is 19.3 Å². The van der Waals surface area contributed by atoms with Crippen molar-refractivity contribution < 1.29 is 14.3 Å². The summed E-state index contributed by atoms with van der Waals surface area (Å²) in [7, 11) is 1.65. The molecule has 0 unspecified atom stereocenters. The third kappa shape index (κ3) is 5.55. The van der Waals surface area contributed by atoms with Crippen LogP contribution in [-0.4, -0.2) is 73.7 Å². The maximum absolute atomic E-state index is 12.9. The lowest BCUT2D eigenvalue weighted by Crippen LogP contribution is -2.39. The molecule has 0 bridgehead atoms. The van der Waals surface area contributed by atoms with Crippen molar-refractivity contribution in [3.05, 3.63) is 23.8 Å². The molecule has 150 valence electrons. The highest BCUT2D eigenvalue weighted by Crippen LogP contribution is 2.29. The average Bonchev–Trinajstić information content (AvgIpc) is 3.24. The molecule has 0 radical (unpaired) electrons. The van der Waals surface area contributed by atoms with Crippen LogP contribution in [-0.2, 0) is 0 Å². The molecule has 0 saturated carbocycles. The van der Waals surface area contributed by atoms with Crippen LogP contribution in [0.3, 0.4) is 0 Å². The van der Waals surface area contributed by atoms with E-state index < -0.39 is 0 Å². The standard InChI is InChI=1S/C21H32N2O3S/c1-25-18-6-7-19(21(24)23-11-3-4-12-23)20(16-18)26-17-8-13-22(14-9-17)10-5-15-27-2/h6-7,16-17H,3-5,8-15H2,1-2H3. The van der Waals surface area contributed by atoms with Gasteiger partial charge in [0.15, 0.2) is 0 Å². The molecular weight excluding hydrogens is 360 g/mol. The van der Waals surface area contributed by atoms with Gasteiger partial charge in [-0.15, -0.1) is 0 Å². The van der Waals surface area contributed by atoms with Crippen molar-refractivity contribution in [3.63, 3.8) is 0 Å². The van der Waals surface area contributed by atoms with E-state index in [-0.39, 0.29) is 12.0 Å². The number of methoxy groups -OCH3 is 1. The third-order valence-electron chi connectivity index (χ3n) is 5.46. The normalized spacial score (nSPS) is 18.7. The van der Waals surface area contributed by atoms with Crippen molar-refractivity contribution in [1.82, 2.24) is 9.80 Å². The highest BCUT2D eigenvalue weighted by atomic mass is 32.2. The molecule has 1 aromatic rings. The zero-order chi connectivity index (χ0) is 19.1. The summed E-state index contributed by atoms with van der Waals surface area (Å²) in [5.41, 5.74) is 0.667. The number of ether oxygens (including phenoxy) is 2. The molecular formula is C21H32N2O3S. The zero-order valence-electron chi connectivity index (χ0n) is 16.6. The number of likely N-dealkylation sites (tertiary alicyclic amines) is 2. The molecule has 2 aliphatic heterocycles. The summed E-state index contributed by atoms with van der Waals surface area (Å²) in [6.07, 6.45) is 7.77. The number of piperidine rings is 1. The Balaban J connectivity index is 1.62. The highest BCUT2D eigenvalue weighted by Gasteiger charge is 2.26. The van der Waals surface area contributed by atoms with Crippen LogP contribution in [0.4, 0.5) is 0 Å². The number of thioether (sulfide) groups is 1. The summed E-state index contributed by atoms with van der Waals surface area (Å²) in [6.45, 7) is 5.00. The first-order valence-corrected chi connectivity index (χ1v) is 11.5. The van der Waals surface area contributed by atoms with Crippen LogP contribution in [0.15, 0.2) is 18.2 Å². The fraction of sp³-hybridized carbons (Fsp3) is 0.667. The second-order valence-electron chi connectivity index (χ2n) is 7.37. The maximum Gasteiger partial charge on any atom is 0.257 e. The summed E-state index contributed by atoms with van der Waals surface area (Å²) in [6, 6.07) is 5.57. The summed E-state index contributed by atoms with van der Waals surface area (Å²) in [5.74, 6) is 2.71. The minimum atomic E-state index is 0.0830. The molecule has 3 rings (SSSR count). The lowest BCUT2D eigenvalue weighted by Gasteiger charge is -2.32. The maximum atomic E-state index is 12.9. The molecule has 1 amide bonds. The van der Waals surface area contributed by atoms with E-state index in [0.717, 1.165) is 57.6 Å². The van der Waals surface area contributed by atoms with E-state index in [4.69, 9.17) is 9.47 Å². The molecule has 2 fully saturated rings. The molecule has 5 nitrogen and oxygen atoms in total. The molecule has 0 aromatic heterocycles. The van der Waals surface area contributed by atoms with Crippen LogP contribution in [0.2, 0.25) is 0 Å². The number of carbonyl (C=O) groups is 1. The predicted molar refractivity (Wildman–Crippen MR) is 111 cm³/mol. The molecule has 0 spiro atoms. The first kappa shape index (κ1) is 20.3. The molecule has 1 aromatic carbocycles. The lowest BCUT2D eigenvalue weighted by molar-refractivity contribution is 0.0768. The van der Waals surface area contributed by atoms with Gasteiger partial charge in [-0.3, -0.25) is 4.79 Å². The number of nitrogens with zero attached hydrogens (tertiary/aromatic N) is 2. The van der Waals surface area contributed by atoms with E-state index in [1.807, 2.05) is 34.9 Å². The van der Waals surface area contributed by atoms with Gasteiger partial charge in [-0.05, 0) is 62.8 Å². The van der Waals surface area contributed by atoms with E-state index >= 15 is 0 Å². The predicted octanol–water partition coefficient (Wildman–Crippen LogP) is 3.53. The van der Waals surface area contributed by atoms with Crippen LogP contribution in [0.1, 0.15) is 42.5 Å². The van der Waals surface area contributed by atoms with E-state index in [1.165, 1.54) is 18.7 Å². The number of carbonyl (C=O) groups excluding carboxylic acids is 1. The first-order valence-electron chi connectivity index (χ1n) is 10.1. The van der Waals surface area contributed by atoms with Gasteiger partial charge in [-0.1, -0.05) is 0 Å². The summed E-state index contributed by atoms with van der Waals surface area (Å²) < 4.78 is 11.7. The van der Waals surface area contributed by atoms with Gasteiger partial charge in [-0.2, -0.15) is 11.8 Å². The minimum absolute atomic E-state index is 0.0830. The minimum Gasteiger partial charge on any atom is -0.497 e. The van der Waals surface area contributed by atoms with Gasteiger partial charge in [0.1, 0.15) is 17.6 Å². The van der Waals surface area contributed by atoms with Crippen molar-refractivity contribution in [1.29, 1.82) is 0 Å². The molecule has 0 N–H and O–H groups in total. The molecule has 2 aliphatic rings. The topological polar surface area (TPSA) is 42.0 Å². The van der Waals surface area contributed by atoms with Crippen LogP contribution in [0, 0.1) is 0 Å². The lowest BCUT2D eigenvalue weighted by atomic mass is 10.1. The van der Waals surface area contributed by atoms with Crippen molar-refractivity contribution in [2.45, 2.75) is 38.2 Å². The summed E-state index contributed by atoms with van der Waals surface area (Å²) in [5, 5.41) is 0. The first-order chi connectivity index (χ1) is 13.2. The van der Waals surface area contributed by atoms with Gasteiger partial charge in [0.25, 0.3) is 5.91 Å². The van der Waals surface area contributed by atoms with Gasteiger partial charge in [-0.25, -0.2) is 0 Å². The largest absolute Gasteiger partial charge is 0.497 e. The van der Waals surface area contributed by atoms with Crippen LogP contribution < -0.4 is 9.47 Å². The Bertz CT molecular complexity index is 611. The van der Waals surface area contributed by atoms with E-state index in [1.54, 1.807) is 7.11 Å². The van der Waals surface area contributed by atoms with Crippen molar-refractivity contribution in [3.8, 4) is 11.5 Å². The highest BCUT2D eigenvalue weighted by molar-refractivity contribution is 7.98. The number of hydrogen-bond acceptors (Lipinski definition) is 5. The Morgan fingerprint density at radius 2 is 1.93 bits per heavy atom. The Morgan fingerprint density at radius 3 is 2.59 bits per heavy atom. The second-order valence-corrected chi connectivity index (χ2v) is 8.35. The summed E-state index contributed by atoms with van der Waals surface area (Å²) >= 11 is 1.91. The Kier molecular flexibility index (Phi) is 7.70. The van der Waals surface area contributed by atoms with Crippen LogP contribution in [0.5, 0.6) is 11.5 Å². The van der Waals surface area contributed by atoms with Gasteiger partial charge in [0, 0.05) is 32.2 Å². The van der Waals surface area contributed by atoms with E-state index in [2.05, 4.69) is 11.2 Å². The Morgan fingerprint density at radius 1 is 1.19 bits per heavy atom. The van der Waals surface area contributed by atoms with E-state index in [0.29, 0.717) is 11.3 Å². The fourth-order valence-corrected chi connectivity index (χ4v) is 4.27. The van der Waals surface area contributed by atoms with Gasteiger partial charge in [0.2, 0.25) is 0 Å². The SMILES string of the molecule is COc1ccc(C(=O)N2CCCC2)c(OC2CCN(CCCSC)CC2)c1. The van der Waals surface area contributed by atoms with Crippen LogP contribution in [0.25, 0.3) is 0 Å². The Hall–Kier alpha value is -1.40. The fourth-order valence-electron chi connectivity index (χ4n) is 3.86. The molecule has 0 atom stereocenters. The van der Waals surface area contributed by atoms with Crippen molar-refractivity contribution >= 4 is 17.7 Å². The summed E-state index contributed by atoms with van der Waals surface area (Å²) in [4.78, 5) is 17.4. The monoisotopic (exact) mass is 392 g/mol. The molecule has 0 aliphatic carbocycles. The van der Waals surface area contributed by atoms with Crippen LogP contribution >= 0.6 is 11.8 Å². The zero-order valence-corrected chi connectivity index (χ0v) is 17.4. The average molecular weight is 393 g/mol. The Labute approximate surface area is 167 Å². The van der Waals surface area contributed by atoms with Crippen molar-refractivity contribution in [2.75, 3.05) is 51.8 Å².